The Hall–Kier alpha value is -3.15. The van der Waals surface area contributed by atoms with Gasteiger partial charge in [0.2, 0.25) is 0 Å². The number of aromatic nitrogens is 2. The zero-order chi connectivity index (χ0) is 19.7. The molecule has 4 rings (SSSR count). The van der Waals surface area contributed by atoms with E-state index in [9.17, 15) is 4.79 Å². The zero-order valence-electron chi connectivity index (χ0n) is 16.5. The van der Waals surface area contributed by atoms with Crippen molar-refractivity contribution in [1.29, 1.82) is 0 Å². The lowest BCUT2D eigenvalue weighted by atomic mass is 10.1. The lowest BCUT2D eigenvalue weighted by molar-refractivity contribution is 0.0600. The van der Waals surface area contributed by atoms with Crippen molar-refractivity contribution in [1.82, 2.24) is 9.97 Å². The van der Waals surface area contributed by atoms with Gasteiger partial charge < -0.3 is 14.5 Å². The lowest BCUT2D eigenvalue weighted by Crippen LogP contribution is -2.47. The van der Waals surface area contributed by atoms with E-state index in [0.29, 0.717) is 5.56 Å². The van der Waals surface area contributed by atoms with Crippen molar-refractivity contribution in [3.63, 3.8) is 0 Å². The summed E-state index contributed by atoms with van der Waals surface area (Å²) in [5.41, 5.74) is 4.01. The molecule has 1 aromatic carbocycles. The molecule has 2 aromatic heterocycles. The molecule has 3 aromatic rings. The molecule has 6 nitrogen and oxygen atoms in total. The lowest BCUT2D eigenvalue weighted by Gasteiger charge is -2.36. The largest absolute Gasteiger partial charge is 0.465 e. The molecular weight excluding hydrogens is 352 g/mol. The SMILES string of the molecule is COC(=O)c1ccc(N2CCN(c3cc(C)c4cccc(C)c4n3)CC2)nc1. The highest BCUT2D eigenvalue weighted by atomic mass is 16.5. The maximum Gasteiger partial charge on any atom is 0.339 e. The molecule has 28 heavy (non-hydrogen) atoms. The van der Waals surface area contributed by atoms with Gasteiger partial charge in [-0.2, -0.15) is 0 Å². The number of anilines is 2. The number of fused-ring (bicyclic) bond motifs is 1. The molecule has 0 unspecified atom stereocenters. The summed E-state index contributed by atoms with van der Waals surface area (Å²) in [5.74, 6) is 1.55. The second-order valence-corrected chi connectivity index (χ2v) is 7.14. The molecule has 0 amide bonds. The fourth-order valence-electron chi connectivity index (χ4n) is 3.68. The predicted octanol–water partition coefficient (Wildman–Crippen LogP) is 3.36. The summed E-state index contributed by atoms with van der Waals surface area (Å²) in [6.45, 7) is 7.73. The maximum atomic E-state index is 11.6. The third-order valence-electron chi connectivity index (χ3n) is 5.33. The van der Waals surface area contributed by atoms with E-state index in [2.05, 4.69) is 52.9 Å². The van der Waals surface area contributed by atoms with Crippen LogP contribution in [0.5, 0.6) is 0 Å². The number of carbonyl (C=O) groups is 1. The monoisotopic (exact) mass is 376 g/mol. The molecule has 0 aliphatic carbocycles. The minimum atomic E-state index is -0.364. The number of nitrogens with zero attached hydrogens (tertiary/aromatic N) is 4. The van der Waals surface area contributed by atoms with E-state index in [0.717, 1.165) is 43.3 Å². The highest BCUT2D eigenvalue weighted by Gasteiger charge is 2.20. The molecule has 0 radical (unpaired) electrons. The van der Waals surface area contributed by atoms with Crippen molar-refractivity contribution in [2.45, 2.75) is 13.8 Å². The molecule has 0 N–H and O–H groups in total. The van der Waals surface area contributed by atoms with Gasteiger partial charge in [-0.1, -0.05) is 18.2 Å². The van der Waals surface area contributed by atoms with Crippen molar-refractivity contribution < 1.29 is 9.53 Å². The van der Waals surface area contributed by atoms with E-state index < -0.39 is 0 Å². The third-order valence-corrected chi connectivity index (χ3v) is 5.33. The van der Waals surface area contributed by atoms with Crippen LogP contribution in [0.15, 0.2) is 42.6 Å². The smallest absolute Gasteiger partial charge is 0.339 e. The van der Waals surface area contributed by atoms with Crippen LogP contribution in [0.4, 0.5) is 11.6 Å². The quantitative estimate of drug-likeness (QED) is 0.654. The van der Waals surface area contributed by atoms with Crippen LogP contribution in [-0.2, 0) is 4.74 Å². The Kier molecular flexibility index (Phi) is 4.86. The van der Waals surface area contributed by atoms with Crippen LogP contribution < -0.4 is 9.80 Å². The number of hydrogen-bond donors (Lipinski definition) is 0. The van der Waals surface area contributed by atoms with Gasteiger partial charge in [-0.05, 0) is 43.2 Å². The summed E-state index contributed by atoms with van der Waals surface area (Å²) in [6.07, 6.45) is 1.57. The van der Waals surface area contributed by atoms with Gasteiger partial charge in [0.05, 0.1) is 18.2 Å². The third kappa shape index (κ3) is 3.38. The van der Waals surface area contributed by atoms with Crippen LogP contribution in [-0.4, -0.2) is 49.2 Å². The standard InChI is InChI=1S/C22H24N4O2/c1-15-5-4-6-18-16(2)13-20(24-21(15)18)26-11-9-25(10-12-26)19-8-7-17(14-23-19)22(27)28-3/h4-8,13-14H,9-12H2,1-3H3. The fourth-order valence-corrected chi connectivity index (χ4v) is 3.68. The van der Waals surface area contributed by atoms with Crippen molar-refractivity contribution in [3.8, 4) is 0 Å². The van der Waals surface area contributed by atoms with Gasteiger partial charge in [-0.25, -0.2) is 14.8 Å². The molecule has 0 spiro atoms. The average Bonchev–Trinajstić information content (AvgIpc) is 2.74. The number of benzene rings is 1. The van der Waals surface area contributed by atoms with Gasteiger partial charge in [0, 0.05) is 37.8 Å². The first-order valence-electron chi connectivity index (χ1n) is 9.48. The number of para-hydroxylation sites is 1. The van der Waals surface area contributed by atoms with Gasteiger partial charge in [0.25, 0.3) is 0 Å². The summed E-state index contributed by atoms with van der Waals surface area (Å²) in [6, 6.07) is 12.2. The van der Waals surface area contributed by atoms with E-state index in [1.807, 2.05) is 6.07 Å². The molecule has 144 valence electrons. The topological polar surface area (TPSA) is 58.6 Å². The van der Waals surface area contributed by atoms with E-state index in [1.54, 1.807) is 12.3 Å². The van der Waals surface area contributed by atoms with Gasteiger partial charge in [0.15, 0.2) is 0 Å². The van der Waals surface area contributed by atoms with Crippen molar-refractivity contribution in [2.75, 3.05) is 43.1 Å². The van der Waals surface area contributed by atoms with Gasteiger partial charge in [0.1, 0.15) is 11.6 Å². The van der Waals surface area contributed by atoms with E-state index >= 15 is 0 Å². The fraction of sp³-hybridized carbons (Fsp3) is 0.318. The number of hydrogen-bond acceptors (Lipinski definition) is 6. The Labute approximate surface area is 164 Å². The van der Waals surface area contributed by atoms with E-state index in [-0.39, 0.29) is 5.97 Å². The number of esters is 1. The normalized spacial score (nSPS) is 14.4. The highest BCUT2D eigenvalue weighted by molar-refractivity contribution is 5.89. The summed E-state index contributed by atoms with van der Waals surface area (Å²) < 4.78 is 4.73. The van der Waals surface area contributed by atoms with Crippen LogP contribution in [0.25, 0.3) is 10.9 Å². The number of carbonyl (C=O) groups excluding carboxylic acids is 1. The van der Waals surface area contributed by atoms with Crippen molar-refractivity contribution >= 4 is 28.5 Å². The summed E-state index contributed by atoms with van der Waals surface area (Å²) in [4.78, 5) is 25.5. The highest BCUT2D eigenvalue weighted by Crippen LogP contribution is 2.26. The average molecular weight is 376 g/mol. The molecular formula is C22H24N4O2. The van der Waals surface area contributed by atoms with Crippen molar-refractivity contribution in [3.05, 3.63) is 59.3 Å². The van der Waals surface area contributed by atoms with Gasteiger partial charge in [-0.15, -0.1) is 0 Å². The Bertz CT molecular complexity index is 1010. The van der Waals surface area contributed by atoms with Crippen molar-refractivity contribution in [2.24, 2.45) is 0 Å². The zero-order valence-corrected chi connectivity index (χ0v) is 16.5. The number of methoxy groups -OCH3 is 1. The second-order valence-electron chi connectivity index (χ2n) is 7.14. The molecule has 1 aliphatic heterocycles. The molecule has 1 fully saturated rings. The summed E-state index contributed by atoms with van der Waals surface area (Å²) >= 11 is 0. The Morgan fingerprint density at radius 3 is 2.32 bits per heavy atom. The first kappa shape index (κ1) is 18.2. The van der Waals surface area contributed by atoms with Gasteiger partial charge >= 0.3 is 5.97 Å². The molecule has 3 heterocycles. The van der Waals surface area contributed by atoms with Crippen LogP contribution >= 0.6 is 0 Å². The predicted molar refractivity (Wildman–Crippen MR) is 111 cm³/mol. The molecule has 6 heteroatoms. The molecule has 1 aliphatic rings. The Morgan fingerprint density at radius 2 is 1.68 bits per heavy atom. The first-order chi connectivity index (χ1) is 13.6. The molecule has 1 saturated heterocycles. The number of piperazine rings is 1. The number of aryl methyl sites for hydroxylation is 2. The summed E-state index contributed by atoms with van der Waals surface area (Å²) in [5, 5.41) is 1.22. The number of rotatable bonds is 3. The Balaban J connectivity index is 1.49. The molecule has 0 atom stereocenters. The first-order valence-corrected chi connectivity index (χ1v) is 9.48. The van der Waals surface area contributed by atoms with Crippen LogP contribution in [0.2, 0.25) is 0 Å². The summed E-state index contributed by atoms with van der Waals surface area (Å²) in [7, 11) is 1.37. The minimum absolute atomic E-state index is 0.364. The van der Waals surface area contributed by atoms with Crippen LogP contribution in [0.1, 0.15) is 21.5 Å². The Morgan fingerprint density at radius 1 is 0.964 bits per heavy atom. The van der Waals surface area contributed by atoms with E-state index in [1.165, 1.54) is 23.6 Å². The van der Waals surface area contributed by atoms with Crippen LogP contribution in [0.3, 0.4) is 0 Å². The number of pyridine rings is 2. The minimum Gasteiger partial charge on any atom is -0.465 e. The second kappa shape index (κ2) is 7.46. The molecule has 0 bridgehead atoms. The molecule has 0 saturated carbocycles. The number of ether oxygens (including phenoxy) is 1. The van der Waals surface area contributed by atoms with E-state index in [4.69, 9.17) is 9.72 Å². The maximum absolute atomic E-state index is 11.6. The van der Waals surface area contributed by atoms with Crippen LogP contribution in [0, 0.1) is 13.8 Å². The van der Waals surface area contributed by atoms with Gasteiger partial charge in [-0.3, -0.25) is 0 Å².